The fraction of sp³-hybridized carbons (Fsp3) is 1.00. The zero-order valence-electron chi connectivity index (χ0n) is 14.9. The van der Waals surface area contributed by atoms with Gasteiger partial charge in [-0.3, -0.25) is 4.90 Å². The molecule has 1 atom stereocenters. The van der Waals surface area contributed by atoms with Crippen LogP contribution in [0.4, 0.5) is 0 Å². The summed E-state index contributed by atoms with van der Waals surface area (Å²) in [5.41, 5.74) is 0.730. The highest BCUT2D eigenvalue weighted by Crippen LogP contribution is 2.37. The number of nitrogens with one attached hydrogen (secondary N) is 1. The molecule has 2 fully saturated rings. The number of hydrogen-bond acceptors (Lipinski definition) is 3. The molecule has 0 bridgehead atoms. The maximum atomic E-state index is 5.84. The van der Waals surface area contributed by atoms with E-state index >= 15 is 0 Å². The van der Waals surface area contributed by atoms with Gasteiger partial charge in [-0.2, -0.15) is 0 Å². The van der Waals surface area contributed by atoms with Crippen LogP contribution in [-0.4, -0.2) is 48.8 Å². The zero-order valence-corrected chi connectivity index (χ0v) is 14.9. The predicted molar refractivity (Wildman–Crippen MR) is 89.7 cm³/mol. The lowest BCUT2D eigenvalue weighted by molar-refractivity contribution is -0.0341. The van der Waals surface area contributed by atoms with Crippen molar-refractivity contribution in [3.63, 3.8) is 0 Å². The van der Waals surface area contributed by atoms with Crippen molar-refractivity contribution in [2.24, 2.45) is 5.41 Å². The molecule has 0 aromatic carbocycles. The van der Waals surface area contributed by atoms with Gasteiger partial charge in [0.15, 0.2) is 0 Å². The highest BCUT2D eigenvalue weighted by molar-refractivity contribution is 5.02. The molecule has 1 aliphatic heterocycles. The van der Waals surface area contributed by atoms with Crippen molar-refractivity contribution in [1.82, 2.24) is 10.2 Å². The van der Waals surface area contributed by atoms with Crippen molar-refractivity contribution in [1.29, 1.82) is 0 Å². The molecule has 1 unspecified atom stereocenters. The van der Waals surface area contributed by atoms with Gasteiger partial charge in [-0.25, -0.2) is 0 Å². The Morgan fingerprint density at radius 2 is 1.86 bits per heavy atom. The summed E-state index contributed by atoms with van der Waals surface area (Å²) in [5.74, 6) is 0. The lowest BCUT2D eigenvalue weighted by Crippen LogP contribution is -2.67. The first-order chi connectivity index (χ1) is 9.83. The summed E-state index contributed by atoms with van der Waals surface area (Å²) < 4.78 is 5.84. The summed E-state index contributed by atoms with van der Waals surface area (Å²) in [7, 11) is 0. The number of rotatable bonds is 4. The van der Waals surface area contributed by atoms with Crippen LogP contribution in [0, 0.1) is 5.41 Å². The van der Waals surface area contributed by atoms with Gasteiger partial charge in [-0.05, 0) is 32.1 Å². The molecule has 1 aliphatic carbocycles. The molecule has 1 N–H and O–H groups in total. The molecule has 0 radical (unpaired) electrons. The van der Waals surface area contributed by atoms with Crippen LogP contribution in [0.3, 0.4) is 0 Å². The smallest absolute Gasteiger partial charge is 0.0597 e. The Labute approximate surface area is 131 Å². The molecule has 0 aromatic rings. The van der Waals surface area contributed by atoms with Crippen LogP contribution in [0.25, 0.3) is 0 Å². The van der Waals surface area contributed by atoms with Gasteiger partial charge in [-0.15, -0.1) is 0 Å². The molecule has 0 amide bonds. The monoisotopic (exact) mass is 296 g/mol. The van der Waals surface area contributed by atoms with E-state index in [1.807, 2.05) is 0 Å². The zero-order chi connectivity index (χ0) is 15.5. The van der Waals surface area contributed by atoms with E-state index in [2.05, 4.69) is 44.8 Å². The summed E-state index contributed by atoms with van der Waals surface area (Å²) in [6, 6.07) is 0.587. The van der Waals surface area contributed by atoms with Crippen LogP contribution < -0.4 is 5.32 Å². The average Bonchev–Trinajstić information content (AvgIpc) is 2.40. The highest BCUT2D eigenvalue weighted by atomic mass is 16.5. The second-order valence-corrected chi connectivity index (χ2v) is 8.45. The second kappa shape index (κ2) is 6.97. The van der Waals surface area contributed by atoms with Crippen molar-refractivity contribution < 1.29 is 4.74 Å². The topological polar surface area (TPSA) is 24.5 Å². The summed E-state index contributed by atoms with van der Waals surface area (Å²) in [4.78, 5) is 2.76. The predicted octanol–water partition coefficient (Wildman–Crippen LogP) is 3.43. The molecule has 3 heteroatoms. The Hall–Kier alpha value is -0.120. The van der Waals surface area contributed by atoms with Crippen molar-refractivity contribution in [3.8, 4) is 0 Å². The van der Waals surface area contributed by atoms with Gasteiger partial charge in [0.05, 0.1) is 12.7 Å². The molecule has 1 saturated carbocycles. The van der Waals surface area contributed by atoms with Crippen molar-refractivity contribution in [2.75, 3.05) is 26.2 Å². The molecule has 2 aliphatic rings. The third-order valence-electron chi connectivity index (χ3n) is 5.39. The molecule has 124 valence electrons. The van der Waals surface area contributed by atoms with E-state index in [9.17, 15) is 0 Å². The van der Waals surface area contributed by atoms with Gasteiger partial charge >= 0.3 is 0 Å². The Bertz CT molecular complexity index is 316. The van der Waals surface area contributed by atoms with E-state index in [0.29, 0.717) is 23.1 Å². The lowest BCUT2D eigenvalue weighted by atomic mass is 9.75. The number of ether oxygens (including phenoxy) is 1. The first-order valence-electron chi connectivity index (χ1n) is 8.93. The maximum Gasteiger partial charge on any atom is 0.0597 e. The minimum atomic E-state index is 0.327. The second-order valence-electron chi connectivity index (χ2n) is 8.45. The minimum absolute atomic E-state index is 0.327. The van der Waals surface area contributed by atoms with Crippen LogP contribution >= 0.6 is 0 Å². The lowest BCUT2D eigenvalue weighted by Gasteiger charge is -2.54. The van der Waals surface area contributed by atoms with E-state index in [0.717, 1.165) is 19.7 Å². The molecular formula is C18H36N2O. The average molecular weight is 296 g/mol. The molecule has 1 saturated heterocycles. The number of piperazine rings is 1. The molecule has 1 heterocycles. The summed E-state index contributed by atoms with van der Waals surface area (Å²) in [6.45, 7) is 15.6. The van der Waals surface area contributed by atoms with Crippen LogP contribution in [0.5, 0.6) is 0 Å². The van der Waals surface area contributed by atoms with Gasteiger partial charge in [-0.1, -0.05) is 40.0 Å². The largest absolute Gasteiger partial charge is 0.377 e. The highest BCUT2D eigenvalue weighted by Gasteiger charge is 2.44. The fourth-order valence-corrected chi connectivity index (χ4v) is 3.91. The molecule has 3 nitrogen and oxygen atoms in total. The SMILES string of the molecule is CC(C)OCCN1CC(C(C)(C)C)NCC12CCCCC2. The fourth-order valence-electron chi connectivity index (χ4n) is 3.91. The van der Waals surface area contributed by atoms with Crippen LogP contribution in [0.1, 0.15) is 66.7 Å². The normalized spacial score (nSPS) is 27.4. The van der Waals surface area contributed by atoms with Crippen molar-refractivity contribution in [3.05, 3.63) is 0 Å². The van der Waals surface area contributed by atoms with E-state index in [1.54, 1.807) is 0 Å². The van der Waals surface area contributed by atoms with Crippen molar-refractivity contribution in [2.45, 2.75) is 84.4 Å². The molecular weight excluding hydrogens is 260 g/mol. The Balaban J connectivity index is 2.02. The first kappa shape index (κ1) is 17.2. The van der Waals surface area contributed by atoms with Crippen LogP contribution in [0.2, 0.25) is 0 Å². The van der Waals surface area contributed by atoms with E-state index in [4.69, 9.17) is 4.74 Å². The van der Waals surface area contributed by atoms with E-state index < -0.39 is 0 Å². The molecule has 1 spiro atoms. The van der Waals surface area contributed by atoms with Crippen LogP contribution in [-0.2, 0) is 4.74 Å². The van der Waals surface area contributed by atoms with Crippen molar-refractivity contribution >= 4 is 0 Å². The minimum Gasteiger partial charge on any atom is -0.377 e. The Morgan fingerprint density at radius 1 is 1.19 bits per heavy atom. The first-order valence-corrected chi connectivity index (χ1v) is 8.93. The molecule has 2 rings (SSSR count). The van der Waals surface area contributed by atoms with Gasteiger partial charge in [0.1, 0.15) is 0 Å². The van der Waals surface area contributed by atoms with E-state index in [1.165, 1.54) is 38.6 Å². The number of nitrogens with zero attached hydrogens (tertiary/aromatic N) is 1. The Kier molecular flexibility index (Phi) is 5.72. The summed E-state index contributed by atoms with van der Waals surface area (Å²) in [5, 5.41) is 3.87. The van der Waals surface area contributed by atoms with Gasteiger partial charge < -0.3 is 10.1 Å². The Morgan fingerprint density at radius 3 is 2.43 bits per heavy atom. The summed E-state index contributed by atoms with van der Waals surface area (Å²) in [6.07, 6.45) is 7.26. The standard InChI is InChI=1S/C18H36N2O/c1-15(2)21-12-11-20-13-16(17(3,4)5)19-14-18(20)9-7-6-8-10-18/h15-16,19H,6-14H2,1-5H3. The molecule has 0 aromatic heterocycles. The quantitative estimate of drug-likeness (QED) is 0.860. The van der Waals surface area contributed by atoms with Gasteiger partial charge in [0.25, 0.3) is 0 Å². The van der Waals surface area contributed by atoms with Gasteiger partial charge in [0, 0.05) is 31.2 Å². The summed E-state index contributed by atoms with van der Waals surface area (Å²) >= 11 is 0. The maximum absolute atomic E-state index is 5.84. The molecule has 21 heavy (non-hydrogen) atoms. The van der Waals surface area contributed by atoms with E-state index in [-0.39, 0.29) is 0 Å². The third kappa shape index (κ3) is 4.43. The third-order valence-corrected chi connectivity index (χ3v) is 5.39. The van der Waals surface area contributed by atoms with Crippen LogP contribution in [0.15, 0.2) is 0 Å². The van der Waals surface area contributed by atoms with Gasteiger partial charge in [0.2, 0.25) is 0 Å². The number of hydrogen-bond donors (Lipinski definition) is 1.